The predicted octanol–water partition coefficient (Wildman–Crippen LogP) is 4.70. The molecular weight excluding hydrogens is 469 g/mol. The molecule has 10 heteroatoms. The molecule has 3 N–H and O–H groups in total. The number of rotatable bonds is 8. The van der Waals surface area contributed by atoms with E-state index in [9.17, 15) is 17.4 Å². The number of thiophene rings is 1. The van der Waals surface area contributed by atoms with Crippen molar-refractivity contribution in [1.29, 1.82) is 0 Å². The van der Waals surface area contributed by atoms with Gasteiger partial charge in [-0.1, -0.05) is 31.7 Å². The quantitative estimate of drug-likeness (QED) is 0.276. The van der Waals surface area contributed by atoms with Crippen molar-refractivity contribution < 1.29 is 22.7 Å². The van der Waals surface area contributed by atoms with Crippen LogP contribution in [0.2, 0.25) is 0 Å². The smallest absolute Gasteiger partial charge is 0.181 e. The topological polar surface area (TPSA) is 98.7 Å². The van der Waals surface area contributed by atoms with E-state index in [1.165, 1.54) is 12.1 Å². The molecule has 0 radical (unpaired) electrons. The zero-order valence-corrected chi connectivity index (χ0v) is 18.5. The molecule has 0 spiro atoms. The molecule has 0 fully saturated rings. The maximum absolute atomic E-state index is 13.7. The summed E-state index contributed by atoms with van der Waals surface area (Å²) >= 11 is 3.19. The number of nitrogens with one attached hydrogen (secondary N) is 1. The van der Waals surface area contributed by atoms with Crippen LogP contribution in [0.5, 0.6) is 0 Å². The van der Waals surface area contributed by atoms with Crippen LogP contribution in [0.25, 0.3) is 9.88 Å². The molecule has 0 aliphatic carbocycles. The Labute approximate surface area is 194 Å². The fourth-order valence-corrected chi connectivity index (χ4v) is 5.29. The van der Waals surface area contributed by atoms with Gasteiger partial charge in [-0.05, 0) is 41.3 Å². The Bertz CT molecular complexity index is 1260. The first-order valence-electron chi connectivity index (χ1n) is 9.28. The van der Waals surface area contributed by atoms with Gasteiger partial charge in [0.15, 0.2) is 10.3 Å². The number of hydrogen-bond donors (Lipinski definition) is 2. The summed E-state index contributed by atoms with van der Waals surface area (Å²) in [7, 11) is -4.57. The summed E-state index contributed by atoms with van der Waals surface area (Å²) in [5, 5.41) is 6.92. The van der Waals surface area contributed by atoms with E-state index in [4.69, 9.17) is 4.98 Å². The Morgan fingerprint density at radius 2 is 1.88 bits per heavy atom. The Kier molecular flexibility index (Phi) is 7.75. The third kappa shape index (κ3) is 6.44. The number of hydrogen-bond acceptors (Lipinski definition) is 6. The molecule has 2 aromatic carbocycles. The lowest BCUT2D eigenvalue weighted by molar-refractivity contribution is -0.618. The lowest BCUT2D eigenvalue weighted by Crippen LogP contribution is -2.80. The standard InChI is InChI=1S/C21H18FN3O3S3.CH4/c22-15-3-1-4-17(12-15)23-18(19-13-30-21(24-19)20-5-2-10-29-20)11-14-6-8-16(9-7-14)25-31(26,27)28;/h1-10,12-13,18,23,25H,11H2,(H,26,27,28);1H4/t18-;/m0./s1. The zero-order valence-electron chi connectivity index (χ0n) is 16.1. The Hall–Kier alpha value is -2.63. The van der Waals surface area contributed by atoms with Crippen molar-refractivity contribution in [3.05, 3.63) is 88.5 Å². The van der Waals surface area contributed by atoms with E-state index in [1.54, 1.807) is 53.0 Å². The van der Waals surface area contributed by atoms with Crippen LogP contribution in [-0.2, 0) is 16.7 Å². The average molecular weight is 492 g/mol. The number of anilines is 1. The van der Waals surface area contributed by atoms with Gasteiger partial charge in [-0.2, -0.15) is 0 Å². The number of benzene rings is 2. The summed E-state index contributed by atoms with van der Waals surface area (Å²) in [4.78, 5) is 5.90. The lowest BCUT2D eigenvalue weighted by Gasteiger charge is -2.15. The van der Waals surface area contributed by atoms with Gasteiger partial charge in [-0.3, -0.25) is 4.72 Å². The average Bonchev–Trinajstić information content (AvgIpc) is 3.40. The number of thiazole rings is 1. The van der Waals surface area contributed by atoms with Gasteiger partial charge in [0, 0.05) is 23.6 Å². The van der Waals surface area contributed by atoms with Crippen molar-refractivity contribution >= 4 is 44.4 Å². The highest BCUT2D eigenvalue weighted by molar-refractivity contribution is 7.87. The first kappa shape index (κ1) is 24.0. The van der Waals surface area contributed by atoms with Crippen LogP contribution in [-0.4, -0.2) is 18.0 Å². The largest absolute Gasteiger partial charge is 0.731 e. The van der Waals surface area contributed by atoms with Crippen molar-refractivity contribution in [2.75, 3.05) is 4.72 Å². The number of quaternary nitrogens is 1. The van der Waals surface area contributed by atoms with Crippen molar-refractivity contribution in [1.82, 2.24) is 4.98 Å². The van der Waals surface area contributed by atoms with Crippen molar-refractivity contribution in [2.24, 2.45) is 0 Å². The van der Waals surface area contributed by atoms with E-state index < -0.39 is 10.3 Å². The molecule has 0 aliphatic heterocycles. The Balaban J connectivity index is 0.00000289. The summed E-state index contributed by atoms with van der Waals surface area (Å²) in [6.07, 6.45) is 0.578. The van der Waals surface area contributed by atoms with Gasteiger partial charge in [0.25, 0.3) is 0 Å². The molecule has 1 atom stereocenters. The van der Waals surface area contributed by atoms with Crippen molar-refractivity contribution in [2.45, 2.75) is 19.9 Å². The third-order valence-electron chi connectivity index (χ3n) is 4.53. The minimum Gasteiger partial charge on any atom is -0.731 e. The van der Waals surface area contributed by atoms with E-state index in [-0.39, 0.29) is 25.0 Å². The zero-order chi connectivity index (χ0) is 21.8. The fourth-order valence-electron chi connectivity index (χ4n) is 3.17. The minimum atomic E-state index is -4.57. The molecular formula is C22H22FN3O3S3. The summed E-state index contributed by atoms with van der Waals surface area (Å²) in [6, 6.07) is 16.9. The van der Waals surface area contributed by atoms with Crippen LogP contribution in [0.3, 0.4) is 0 Å². The SMILES string of the molecule is C.O=S(=O)([O-])Nc1ccc(C[C@H]([NH2+]c2cccc(F)c2)c2csc(-c3cccs3)n2)cc1. The number of halogens is 1. The second-order valence-electron chi connectivity index (χ2n) is 6.84. The molecule has 0 saturated heterocycles. The number of nitrogens with zero attached hydrogens (tertiary/aromatic N) is 1. The second kappa shape index (κ2) is 10.3. The molecule has 4 aromatic rings. The van der Waals surface area contributed by atoms with E-state index in [0.29, 0.717) is 6.42 Å². The summed E-state index contributed by atoms with van der Waals surface area (Å²) in [5.74, 6) is -0.306. The van der Waals surface area contributed by atoms with Gasteiger partial charge in [-0.25, -0.2) is 17.8 Å². The van der Waals surface area contributed by atoms with Gasteiger partial charge >= 0.3 is 0 Å². The van der Waals surface area contributed by atoms with Gasteiger partial charge in [0.2, 0.25) is 0 Å². The first-order chi connectivity index (χ1) is 14.9. The lowest BCUT2D eigenvalue weighted by atomic mass is 10.0. The monoisotopic (exact) mass is 491 g/mol. The number of aromatic nitrogens is 1. The highest BCUT2D eigenvalue weighted by atomic mass is 32.2. The van der Waals surface area contributed by atoms with Crippen LogP contribution in [0.1, 0.15) is 24.7 Å². The van der Waals surface area contributed by atoms with Crippen LogP contribution in [0.15, 0.2) is 71.4 Å². The molecule has 6 nitrogen and oxygen atoms in total. The molecule has 32 heavy (non-hydrogen) atoms. The van der Waals surface area contributed by atoms with E-state index in [2.05, 4.69) is 0 Å². The molecule has 4 rings (SSSR count). The maximum Gasteiger partial charge on any atom is 0.181 e. The molecule has 2 heterocycles. The van der Waals surface area contributed by atoms with E-state index >= 15 is 0 Å². The minimum absolute atomic E-state index is 0. The molecule has 0 amide bonds. The second-order valence-corrected chi connectivity index (χ2v) is 9.76. The van der Waals surface area contributed by atoms with Crippen molar-refractivity contribution in [3.63, 3.8) is 0 Å². The predicted molar refractivity (Wildman–Crippen MR) is 126 cm³/mol. The summed E-state index contributed by atoms with van der Waals surface area (Å²) < 4.78 is 48.2. The van der Waals surface area contributed by atoms with Gasteiger partial charge in [-0.15, -0.1) is 22.7 Å². The molecule has 0 aliphatic rings. The highest BCUT2D eigenvalue weighted by Crippen LogP contribution is 2.30. The molecule has 0 unspecified atom stereocenters. The van der Waals surface area contributed by atoms with Gasteiger partial charge < -0.3 is 9.87 Å². The molecule has 0 bridgehead atoms. The van der Waals surface area contributed by atoms with Crippen molar-refractivity contribution in [3.8, 4) is 9.88 Å². The molecule has 168 valence electrons. The van der Waals surface area contributed by atoms with Crippen LogP contribution in [0, 0.1) is 5.82 Å². The van der Waals surface area contributed by atoms with E-state index in [0.717, 1.165) is 26.8 Å². The Morgan fingerprint density at radius 3 is 2.53 bits per heavy atom. The number of nitrogens with two attached hydrogens (primary N) is 1. The third-order valence-corrected chi connectivity index (χ3v) is 6.91. The van der Waals surface area contributed by atoms with Crippen LogP contribution < -0.4 is 10.0 Å². The summed E-state index contributed by atoms with van der Waals surface area (Å²) in [6.45, 7) is 0. The van der Waals surface area contributed by atoms with Crippen LogP contribution >= 0.6 is 22.7 Å². The van der Waals surface area contributed by atoms with Gasteiger partial charge in [0.1, 0.15) is 28.2 Å². The first-order valence-corrected chi connectivity index (χ1v) is 12.4. The Morgan fingerprint density at radius 1 is 1.09 bits per heavy atom. The maximum atomic E-state index is 13.7. The molecule has 2 aromatic heterocycles. The normalized spacial score (nSPS) is 12.2. The van der Waals surface area contributed by atoms with Gasteiger partial charge in [0.05, 0.1) is 4.88 Å². The van der Waals surface area contributed by atoms with E-state index in [1.807, 2.05) is 39.0 Å². The fraction of sp³-hybridized carbons (Fsp3) is 0.136. The van der Waals surface area contributed by atoms with Crippen LogP contribution in [0.4, 0.5) is 15.8 Å². The molecule has 0 saturated carbocycles. The summed E-state index contributed by atoms with van der Waals surface area (Å²) in [5.41, 5.74) is 2.77. The highest BCUT2D eigenvalue weighted by Gasteiger charge is 2.21.